The molecule has 1 heterocycles. The molecule has 0 saturated carbocycles. The molecule has 172 valence electrons. The molecule has 9 nitrogen and oxygen atoms in total. The molecule has 0 aliphatic carbocycles. The standard InChI is InChI=1S/C22H35N5O4/c1-7-8-23-22(24-15-20(28)25(2)3)27-11-9-26(10-12-27)16-17-13-18(29-4)21(31-6)19(14-17)30-5/h7,13-14H,1,8-12,15-16H2,2-6H3,(H,23,24). The van der Waals surface area contributed by atoms with Gasteiger partial charge in [0.2, 0.25) is 11.7 Å². The Hall–Kier alpha value is -2.94. The second kappa shape index (κ2) is 12.0. The van der Waals surface area contributed by atoms with Crippen LogP contribution in [0.1, 0.15) is 5.56 Å². The first kappa shape index (κ1) is 24.3. The van der Waals surface area contributed by atoms with Crippen LogP contribution in [0.3, 0.4) is 0 Å². The Balaban J connectivity index is 2.02. The van der Waals surface area contributed by atoms with Gasteiger partial charge in [-0.25, -0.2) is 4.99 Å². The minimum Gasteiger partial charge on any atom is -0.493 e. The molecule has 1 aromatic rings. The predicted octanol–water partition coefficient (Wildman–Crippen LogP) is 1.05. The van der Waals surface area contributed by atoms with Crippen molar-refractivity contribution in [3.63, 3.8) is 0 Å². The number of carbonyl (C=O) groups is 1. The van der Waals surface area contributed by atoms with E-state index in [0.29, 0.717) is 23.8 Å². The SMILES string of the molecule is C=CCNC(=NCC(=O)N(C)C)N1CCN(Cc2cc(OC)c(OC)c(OC)c2)CC1. The second-order valence-electron chi connectivity index (χ2n) is 7.39. The molecular weight excluding hydrogens is 398 g/mol. The first-order valence-corrected chi connectivity index (χ1v) is 10.3. The van der Waals surface area contributed by atoms with Gasteiger partial charge < -0.3 is 29.3 Å². The predicted molar refractivity (Wildman–Crippen MR) is 122 cm³/mol. The van der Waals surface area contributed by atoms with E-state index in [4.69, 9.17) is 14.2 Å². The lowest BCUT2D eigenvalue weighted by molar-refractivity contribution is -0.127. The first-order valence-electron chi connectivity index (χ1n) is 10.3. The average Bonchev–Trinajstić information content (AvgIpc) is 2.78. The molecule has 1 N–H and O–H groups in total. The Morgan fingerprint density at radius 2 is 1.74 bits per heavy atom. The smallest absolute Gasteiger partial charge is 0.243 e. The molecule has 0 radical (unpaired) electrons. The highest BCUT2D eigenvalue weighted by atomic mass is 16.5. The number of nitrogens with zero attached hydrogens (tertiary/aromatic N) is 4. The lowest BCUT2D eigenvalue weighted by Crippen LogP contribution is -2.52. The highest BCUT2D eigenvalue weighted by Gasteiger charge is 2.21. The molecule has 1 aliphatic heterocycles. The highest BCUT2D eigenvalue weighted by Crippen LogP contribution is 2.38. The summed E-state index contributed by atoms with van der Waals surface area (Å²) in [6, 6.07) is 3.97. The summed E-state index contributed by atoms with van der Waals surface area (Å²) in [6.45, 7) is 8.60. The molecule has 31 heavy (non-hydrogen) atoms. The van der Waals surface area contributed by atoms with Crippen molar-refractivity contribution in [2.75, 3.05) is 74.7 Å². The Labute approximate surface area is 185 Å². The molecule has 1 aromatic carbocycles. The molecule has 1 amide bonds. The quantitative estimate of drug-likeness (QED) is 0.354. The van der Waals surface area contributed by atoms with Gasteiger partial charge >= 0.3 is 0 Å². The number of rotatable bonds is 9. The largest absolute Gasteiger partial charge is 0.493 e. The van der Waals surface area contributed by atoms with Crippen LogP contribution in [0.25, 0.3) is 0 Å². The van der Waals surface area contributed by atoms with Crippen molar-refractivity contribution in [1.29, 1.82) is 0 Å². The van der Waals surface area contributed by atoms with Crippen molar-refractivity contribution >= 4 is 11.9 Å². The molecule has 2 rings (SSSR count). The third-order valence-corrected chi connectivity index (χ3v) is 5.07. The van der Waals surface area contributed by atoms with Gasteiger partial charge in [-0.3, -0.25) is 9.69 Å². The maximum absolute atomic E-state index is 11.9. The lowest BCUT2D eigenvalue weighted by Gasteiger charge is -2.36. The highest BCUT2D eigenvalue weighted by molar-refractivity contribution is 5.85. The first-order chi connectivity index (χ1) is 14.9. The van der Waals surface area contributed by atoms with Crippen LogP contribution >= 0.6 is 0 Å². The van der Waals surface area contributed by atoms with Gasteiger partial charge in [0.05, 0.1) is 21.3 Å². The van der Waals surface area contributed by atoms with Crippen molar-refractivity contribution < 1.29 is 19.0 Å². The summed E-state index contributed by atoms with van der Waals surface area (Å²) in [5.74, 6) is 2.62. The summed E-state index contributed by atoms with van der Waals surface area (Å²) in [5.41, 5.74) is 1.10. The third kappa shape index (κ3) is 6.78. The van der Waals surface area contributed by atoms with Gasteiger partial charge in [-0.2, -0.15) is 0 Å². The van der Waals surface area contributed by atoms with E-state index >= 15 is 0 Å². The fourth-order valence-electron chi connectivity index (χ4n) is 3.32. The van der Waals surface area contributed by atoms with E-state index in [1.54, 1.807) is 46.4 Å². The summed E-state index contributed by atoms with van der Waals surface area (Å²) in [7, 11) is 8.31. The molecule has 0 aromatic heterocycles. The van der Waals surface area contributed by atoms with Gasteiger partial charge in [0.1, 0.15) is 6.54 Å². The van der Waals surface area contributed by atoms with Crippen molar-refractivity contribution in [2.45, 2.75) is 6.54 Å². The zero-order valence-corrected chi connectivity index (χ0v) is 19.3. The number of nitrogens with one attached hydrogen (secondary N) is 1. The Morgan fingerprint density at radius 3 is 2.23 bits per heavy atom. The van der Waals surface area contributed by atoms with E-state index < -0.39 is 0 Å². The number of amides is 1. The molecule has 0 unspecified atom stereocenters. The number of ether oxygens (including phenoxy) is 3. The van der Waals surface area contributed by atoms with Gasteiger partial charge in [-0.15, -0.1) is 6.58 Å². The summed E-state index contributed by atoms with van der Waals surface area (Å²) in [5, 5.41) is 3.26. The Bertz CT molecular complexity index is 748. The fourth-order valence-corrected chi connectivity index (χ4v) is 3.32. The number of methoxy groups -OCH3 is 3. The van der Waals surface area contributed by atoms with Crippen LogP contribution in [0.5, 0.6) is 17.2 Å². The van der Waals surface area contributed by atoms with E-state index in [9.17, 15) is 4.79 Å². The zero-order chi connectivity index (χ0) is 22.8. The molecule has 9 heteroatoms. The number of hydrogen-bond donors (Lipinski definition) is 1. The van der Waals surface area contributed by atoms with Crippen LogP contribution in [0.4, 0.5) is 0 Å². The van der Waals surface area contributed by atoms with E-state index in [0.717, 1.165) is 44.2 Å². The van der Waals surface area contributed by atoms with Crippen LogP contribution in [0, 0.1) is 0 Å². The van der Waals surface area contributed by atoms with Crippen LogP contribution in [0.2, 0.25) is 0 Å². The summed E-state index contributed by atoms with van der Waals surface area (Å²) < 4.78 is 16.3. The summed E-state index contributed by atoms with van der Waals surface area (Å²) >= 11 is 0. The zero-order valence-electron chi connectivity index (χ0n) is 19.3. The normalized spacial score (nSPS) is 14.7. The van der Waals surface area contributed by atoms with E-state index in [-0.39, 0.29) is 12.5 Å². The number of piperazine rings is 1. The number of guanidine groups is 1. The second-order valence-corrected chi connectivity index (χ2v) is 7.39. The van der Waals surface area contributed by atoms with Crippen molar-refractivity contribution in [1.82, 2.24) is 20.0 Å². The molecule has 0 bridgehead atoms. The maximum Gasteiger partial charge on any atom is 0.243 e. The van der Waals surface area contributed by atoms with E-state index in [1.807, 2.05) is 12.1 Å². The van der Waals surface area contributed by atoms with Gasteiger partial charge in [0.15, 0.2) is 17.5 Å². The topological polar surface area (TPSA) is 78.9 Å². The van der Waals surface area contributed by atoms with E-state index in [2.05, 4.69) is 26.7 Å². The molecular formula is C22H35N5O4. The third-order valence-electron chi connectivity index (χ3n) is 5.07. The number of hydrogen-bond acceptors (Lipinski definition) is 6. The van der Waals surface area contributed by atoms with Crippen LogP contribution < -0.4 is 19.5 Å². The van der Waals surface area contributed by atoms with Crippen molar-refractivity contribution in [2.24, 2.45) is 4.99 Å². The number of likely N-dealkylation sites (N-methyl/N-ethyl adjacent to an activating group) is 1. The molecule has 1 saturated heterocycles. The monoisotopic (exact) mass is 433 g/mol. The summed E-state index contributed by atoms with van der Waals surface area (Å²) in [6.07, 6.45) is 1.78. The number of aliphatic imine (C=N–C) groups is 1. The Morgan fingerprint density at radius 1 is 1.13 bits per heavy atom. The van der Waals surface area contributed by atoms with Crippen molar-refractivity contribution in [3.8, 4) is 17.2 Å². The van der Waals surface area contributed by atoms with Crippen LogP contribution in [-0.2, 0) is 11.3 Å². The lowest BCUT2D eigenvalue weighted by atomic mass is 10.1. The minimum atomic E-state index is -0.0288. The van der Waals surface area contributed by atoms with Crippen LogP contribution in [0.15, 0.2) is 29.8 Å². The molecule has 1 fully saturated rings. The van der Waals surface area contributed by atoms with Crippen LogP contribution in [-0.4, -0.2) is 101 Å². The average molecular weight is 434 g/mol. The minimum absolute atomic E-state index is 0.0288. The fraction of sp³-hybridized carbons (Fsp3) is 0.545. The Kier molecular flexibility index (Phi) is 9.45. The molecule has 0 atom stereocenters. The van der Waals surface area contributed by atoms with E-state index in [1.165, 1.54) is 0 Å². The van der Waals surface area contributed by atoms with Crippen molar-refractivity contribution in [3.05, 3.63) is 30.4 Å². The number of benzene rings is 1. The van der Waals surface area contributed by atoms with Gasteiger partial charge in [0, 0.05) is 53.4 Å². The molecule has 0 spiro atoms. The number of carbonyl (C=O) groups excluding carboxylic acids is 1. The maximum atomic E-state index is 11.9. The van der Waals surface area contributed by atoms with Gasteiger partial charge in [-0.05, 0) is 17.7 Å². The summed E-state index contributed by atoms with van der Waals surface area (Å²) in [4.78, 5) is 22.5. The molecule has 1 aliphatic rings. The van der Waals surface area contributed by atoms with Gasteiger partial charge in [0.25, 0.3) is 0 Å². The van der Waals surface area contributed by atoms with Gasteiger partial charge in [-0.1, -0.05) is 6.08 Å².